The van der Waals surface area contributed by atoms with Crippen molar-refractivity contribution in [1.82, 2.24) is 15.1 Å². The van der Waals surface area contributed by atoms with E-state index in [1.165, 1.54) is 23.9 Å². The molecule has 1 N–H and O–H groups in total. The van der Waals surface area contributed by atoms with E-state index in [4.69, 9.17) is 11.6 Å². The van der Waals surface area contributed by atoms with Crippen LogP contribution >= 0.6 is 11.6 Å². The Hall–Kier alpha value is -3.53. The molecule has 0 saturated carbocycles. The van der Waals surface area contributed by atoms with Gasteiger partial charge in [-0.25, -0.2) is 9.48 Å². The van der Waals surface area contributed by atoms with Crippen LogP contribution in [0.15, 0.2) is 48.5 Å². The molecule has 0 spiro atoms. The number of carbonyl (C=O) groups excluding carboxylic acids is 2. The van der Waals surface area contributed by atoms with Crippen LogP contribution in [0.5, 0.6) is 0 Å². The lowest BCUT2D eigenvalue weighted by Crippen LogP contribution is -2.31. The van der Waals surface area contributed by atoms with Gasteiger partial charge in [-0.2, -0.15) is 18.3 Å². The first kappa shape index (κ1) is 24.6. The number of hydrogen-bond donors (Lipinski definition) is 1. The second-order valence-electron chi connectivity index (χ2n) is 8.12. The number of anilines is 1. The summed E-state index contributed by atoms with van der Waals surface area (Å²) in [5.41, 5.74) is 0.0342. The molecule has 3 aromatic rings. The highest BCUT2D eigenvalue weighted by Crippen LogP contribution is 2.38. The number of carbonyl (C=O) groups is 2. The standard InChI is InChI=1S/C24H22ClF3N4O3/c1-14(16-5-7-17(8-6-16)23(34)35-2)29-21(33)19-20(24(26,27)28)30-32-12-11-31(22(19)32)13-15-3-9-18(25)10-4-15/h3-10,14H,11-13H2,1-2H3,(H,29,33)/t14-/m0/s1. The van der Waals surface area contributed by atoms with Gasteiger partial charge in [-0.15, -0.1) is 0 Å². The van der Waals surface area contributed by atoms with Gasteiger partial charge >= 0.3 is 12.1 Å². The maximum absolute atomic E-state index is 13.8. The Morgan fingerprint density at radius 2 is 1.77 bits per heavy atom. The second-order valence-corrected chi connectivity index (χ2v) is 8.56. The minimum atomic E-state index is -4.80. The van der Waals surface area contributed by atoms with Gasteiger partial charge in [0, 0.05) is 18.1 Å². The Kier molecular flexibility index (Phi) is 6.75. The Balaban J connectivity index is 1.62. The Labute approximate surface area is 204 Å². The monoisotopic (exact) mass is 506 g/mol. The van der Waals surface area contributed by atoms with Crippen LogP contribution in [-0.4, -0.2) is 35.3 Å². The Bertz CT molecular complexity index is 1240. The zero-order valence-corrected chi connectivity index (χ0v) is 19.7. The van der Waals surface area contributed by atoms with Crippen molar-refractivity contribution in [3.63, 3.8) is 0 Å². The maximum atomic E-state index is 13.8. The molecule has 0 radical (unpaired) electrons. The summed E-state index contributed by atoms with van der Waals surface area (Å²) in [6, 6.07) is 12.6. The molecule has 2 heterocycles. The van der Waals surface area contributed by atoms with Gasteiger partial charge in [-0.05, 0) is 42.3 Å². The predicted molar refractivity (Wildman–Crippen MR) is 123 cm³/mol. The number of amides is 1. The SMILES string of the molecule is COC(=O)c1ccc([C@H](C)NC(=O)c2c(C(F)(F)F)nn3c2N(Cc2ccc(Cl)cc2)CC3)cc1. The number of nitrogens with one attached hydrogen (secondary N) is 1. The third-order valence-corrected chi connectivity index (χ3v) is 6.02. The molecule has 184 valence electrons. The van der Waals surface area contributed by atoms with E-state index in [1.807, 2.05) is 0 Å². The summed E-state index contributed by atoms with van der Waals surface area (Å²) in [5, 5.41) is 6.92. The van der Waals surface area contributed by atoms with Crippen LogP contribution in [0.4, 0.5) is 19.0 Å². The summed E-state index contributed by atoms with van der Waals surface area (Å²) in [5.74, 6) is -1.27. The number of methoxy groups -OCH3 is 1. The normalized spacial score (nSPS) is 13.9. The van der Waals surface area contributed by atoms with Crippen LogP contribution in [-0.2, 0) is 24.0 Å². The first-order valence-electron chi connectivity index (χ1n) is 10.7. The van der Waals surface area contributed by atoms with Crippen LogP contribution in [0.2, 0.25) is 5.02 Å². The fourth-order valence-electron chi connectivity index (χ4n) is 4.00. The molecular formula is C24H22ClF3N4O3. The number of rotatable bonds is 6. The lowest BCUT2D eigenvalue weighted by molar-refractivity contribution is -0.141. The summed E-state index contributed by atoms with van der Waals surface area (Å²) in [4.78, 5) is 26.5. The van der Waals surface area contributed by atoms with Gasteiger partial charge in [0.1, 0.15) is 11.4 Å². The van der Waals surface area contributed by atoms with Gasteiger partial charge in [0.15, 0.2) is 5.69 Å². The van der Waals surface area contributed by atoms with Crippen molar-refractivity contribution in [3.05, 3.63) is 81.5 Å². The molecule has 0 saturated heterocycles. The Morgan fingerprint density at radius 1 is 1.11 bits per heavy atom. The van der Waals surface area contributed by atoms with Crippen LogP contribution in [0.25, 0.3) is 0 Å². The molecule has 1 atom stereocenters. The number of benzene rings is 2. The van der Waals surface area contributed by atoms with Crippen molar-refractivity contribution in [2.24, 2.45) is 0 Å². The molecule has 35 heavy (non-hydrogen) atoms. The fraction of sp³-hybridized carbons (Fsp3) is 0.292. The fourth-order valence-corrected chi connectivity index (χ4v) is 4.13. The van der Waals surface area contributed by atoms with Crippen LogP contribution < -0.4 is 10.2 Å². The smallest absolute Gasteiger partial charge is 0.436 e. The number of alkyl halides is 3. The zero-order chi connectivity index (χ0) is 25.3. The molecule has 11 heteroatoms. The average Bonchev–Trinajstić information content (AvgIpc) is 3.40. The van der Waals surface area contributed by atoms with E-state index in [2.05, 4.69) is 15.2 Å². The maximum Gasteiger partial charge on any atom is 0.436 e. The number of nitrogens with zero attached hydrogens (tertiary/aromatic N) is 3. The molecule has 1 aliphatic heterocycles. The number of ether oxygens (including phenoxy) is 1. The second kappa shape index (κ2) is 9.61. The highest BCUT2D eigenvalue weighted by atomic mass is 35.5. The van der Waals surface area contributed by atoms with Gasteiger partial charge in [0.25, 0.3) is 5.91 Å². The molecule has 4 rings (SSSR count). The molecule has 0 fully saturated rings. The first-order chi connectivity index (χ1) is 16.6. The summed E-state index contributed by atoms with van der Waals surface area (Å²) < 4.78 is 47.4. The highest BCUT2D eigenvalue weighted by molar-refractivity contribution is 6.30. The zero-order valence-electron chi connectivity index (χ0n) is 18.9. The summed E-state index contributed by atoms with van der Waals surface area (Å²) >= 11 is 5.93. The minimum absolute atomic E-state index is 0.123. The van der Waals surface area contributed by atoms with E-state index in [0.717, 1.165) is 5.56 Å². The van der Waals surface area contributed by atoms with Crippen molar-refractivity contribution in [1.29, 1.82) is 0 Å². The Morgan fingerprint density at radius 3 is 2.37 bits per heavy atom. The summed E-state index contributed by atoms with van der Waals surface area (Å²) in [6.45, 7) is 2.58. The number of esters is 1. The highest BCUT2D eigenvalue weighted by Gasteiger charge is 2.44. The molecule has 0 bridgehead atoms. The number of hydrogen-bond acceptors (Lipinski definition) is 5. The third-order valence-electron chi connectivity index (χ3n) is 5.77. The lowest BCUT2D eigenvalue weighted by atomic mass is 10.1. The molecule has 0 aliphatic carbocycles. The first-order valence-corrected chi connectivity index (χ1v) is 11.1. The molecule has 7 nitrogen and oxygen atoms in total. The van der Waals surface area contributed by atoms with Crippen molar-refractivity contribution >= 4 is 29.3 Å². The van der Waals surface area contributed by atoms with E-state index >= 15 is 0 Å². The van der Waals surface area contributed by atoms with Gasteiger partial charge in [0.2, 0.25) is 0 Å². The van der Waals surface area contributed by atoms with E-state index in [-0.39, 0.29) is 12.4 Å². The summed E-state index contributed by atoms with van der Waals surface area (Å²) in [7, 11) is 1.26. The largest absolute Gasteiger partial charge is 0.465 e. The van der Waals surface area contributed by atoms with Crippen molar-refractivity contribution in [3.8, 4) is 0 Å². The molecular weight excluding hydrogens is 485 g/mol. The summed E-state index contributed by atoms with van der Waals surface area (Å²) in [6.07, 6.45) is -4.80. The predicted octanol–water partition coefficient (Wildman–Crippen LogP) is 4.85. The van der Waals surface area contributed by atoms with Crippen molar-refractivity contribution < 1.29 is 27.5 Å². The third kappa shape index (κ3) is 5.12. The molecule has 0 unspecified atom stereocenters. The van der Waals surface area contributed by atoms with Gasteiger partial charge < -0.3 is 15.0 Å². The molecule has 1 amide bonds. The van der Waals surface area contributed by atoms with Crippen LogP contribution in [0.3, 0.4) is 0 Å². The van der Waals surface area contributed by atoms with E-state index in [9.17, 15) is 22.8 Å². The minimum Gasteiger partial charge on any atom is -0.465 e. The lowest BCUT2D eigenvalue weighted by Gasteiger charge is -2.21. The van der Waals surface area contributed by atoms with Crippen LogP contribution in [0.1, 0.15) is 50.5 Å². The van der Waals surface area contributed by atoms with Gasteiger partial charge in [-0.1, -0.05) is 35.9 Å². The molecule has 1 aliphatic rings. The average molecular weight is 507 g/mol. The number of halogens is 4. The van der Waals surface area contributed by atoms with Gasteiger partial charge in [0.05, 0.1) is 25.3 Å². The van der Waals surface area contributed by atoms with Crippen molar-refractivity contribution in [2.75, 3.05) is 18.6 Å². The number of fused-ring (bicyclic) bond motifs is 1. The quantitative estimate of drug-likeness (QED) is 0.484. The van der Waals surface area contributed by atoms with Gasteiger partial charge in [-0.3, -0.25) is 4.79 Å². The van der Waals surface area contributed by atoms with E-state index in [0.29, 0.717) is 29.2 Å². The topological polar surface area (TPSA) is 76.5 Å². The number of aromatic nitrogens is 2. The van der Waals surface area contributed by atoms with Crippen molar-refractivity contribution in [2.45, 2.75) is 32.2 Å². The van der Waals surface area contributed by atoms with E-state index < -0.39 is 35.4 Å². The molecule has 1 aromatic heterocycles. The molecule has 2 aromatic carbocycles. The van der Waals surface area contributed by atoms with Crippen LogP contribution in [0, 0.1) is 0 Å². The van der Waals surface area contributed by atoms with E-state index in [1.54, 1.807) is 48.2 Å².